The van der Waals surface area contributed by atoms with Crippen molar-refractivity contribution in [1.82, 2.24) is 0 Å². The van der Waals surface area contributed by atoms with Crippen LogP contribution in [0.5, 0.6) is 0 Å². The van der Waals surface area contributed by atoms with Crippen LogP contribution >= 0.6 is 19.8 Å². The maximum atomic E-state index is 12.6. The van der Waals surface area contributed by atoms with Gasteiger partial charge in [0.1, 0.15) is 0 Å². The van der Waals surface area contributed by atoms with Crippen molar-refractivity contribution in [3.05, 3.63) is 63.0 Å². The molecule has 0 fully saturated rings. The van der Waals surface area contributed by atoms with Gasteiger partial charge in [-0.05, 0) is 0 Å². The number of hydrogen-bond donors (Lipinski definition) is 1. The van der Waals surface area contributed by atoms with Gasteiger partial charge in [-0.3, -0.25) is 4.55 Å². The van der Waals surface area contributed by atoms with E-state index in [1.165, 1.54) is 0 Å². The zero-order valence-corrected chi connectivity index (χ0v) is 20.3. The summed E-state index contributed by atoms with van der Waals surface area (Å²) < 4.78 is 93.8. The molecule has 0 bridgehead atoms. The van der Waals surface area contributed by atoms with Crippen molar-refractivity contribution in [2.75, 3.05) is 0 Å². The molecule has 2 aromatic carbocycles. The molecule has 1 N–H and O–H groups in total. The zero-order valence-electron chi connectivity index (χ0n) is 17.3. The predicted molar refractivity (Wildman–Crippen MR) is 115 cm³/mol. The van der Waals surface area contributed by atoms with E-state index in [1.54, 1.807) is 3.57 Å². The van der Waals surface area contributed by atoms with Crippen molar-refractivity contribution < 1.29 is 34.9 Å². The molecular weight excluding hydrogens is 542 g/mol. The van der Waals surface area contributed by atoms with Crippen molar-refractivity contribution in [3.63, 3.8) is 0 Å². The van der Waals surface area contributed by atoms with Crippen LogP contribution in [-0.2, 0) is 10.1 Å². The van der Waals surface area contributed by atoms with Crippen molar-refractivity contribution in [1.29, 1.82) is 0 Å². The van der Waals surface area contributed by atoms with Crippen molar-refractivity contribution in [3.8, 4) is 0 Å². The summed E-state index contributed by atoms with van der Waals surface area (Å²) >= 11 is -1.17. The number of halogens is 6. The first-order valence-electron chi connectivity index (χ1n) is 8.64. The Hall–Kier alpha value is -1.27. The van der Waals surface area contributed by atoms with Crippen LogP contribution in [0.2, 0.25) is 0 Å². The minimum absolute atomic E-state index is 0.462. The van der Waals surface area contributed by atoms with Gasteiger partial charge in [0, 0.05) is 0 Å². The molecule has 2 rings (SSSR count). The van der Waals surface area contributed by atoms with Gasteiger partial charge in [-0.2, -0.15) is 8.42 Å². The topological polar surface area (TPSA) is 54.4 Å². The molecule has 2 aromatic rings. The van der Waals surface area contributed by atoms with E-state index in [0.717, 1.165) is 0 Å². The maximum absolute atomic E-state index is 12.6. The smallest absolute Gasteiger partial charge is 0.282 e. The number of rotatable bonds is 2. The molecule has 0 saturated heterocycles. The van der Waals surface area contributed by atoms with E-state index in [0.29, 0.717) is 6.84 Å². The summed E-state index contributed by atoms with van der Waals surface area (Å²) in [5.41, 5.74) is 0. The van der Waals surface area contributed by atoms with Gasteiger partial charge in [-0.25, -0.2) is 22.0 Å². The van der Waals surface area contributed by atoms with Crippen LogP contribution in [0, 0.1) is 32.7 Å². The Balaban J connectivity index is 0.000000300. The van der Waals surface area contributed by atoms with E-state index >= 15 is 0 Å². The van der Waals surface area contributed by atoms with Crippen LogP contribution in [0.25, 0.3) is 0 Å². The third-order valence-electron chi connectivity index (χ3n) is 3.51. The molecule has 0 aliphatic heterocycles. The maximum Gasteiger partial charge on any atom is 0.300 e. The van der Waals surface area contributed by atoms with Gasteiger partial charge in [-0.1, -0.05) is 0 Å². The van der Waals surface area contributed by atoms with Gasteiger partial charge in [0.05, 0.1) is 0 Å². The van der Waals surface area contributed by atoms with E-state index in [2.05, 4.69) is 71.9 Å². The van der Waals surface area contributed by atoms with Crippen LogP contribution in [0.15, 0.2) is 35.2 Å². The van der Waals surface area contributed by atoms with Crippen LogP contribution in [0.1, 0.15) is 41.5 Å². The Morgan fingerprint density at radius 3 is 1.33 bits per heavy atom. The SMILES string of the molecule is CC(C)(C)I(c1ccccc1)C(C)(C)C.O=S(=O)(O)c1c(F)c(F)c(F)c(F)c1F. The van der Waals surface area contributed by atoms with Crippen LogP contribution in [0.3, 0.4) is 0 Å². The fraction of sp³-hybridized carbons (Fsp3) is 0.400. The first kappa shape index (κ1) is 26.8. The molecular formula is C20H24F5IO3S. The Labute approximate surface area is 180 Å². The van der Waals surface area contributed by atoms with Crippen LogP contribution in [-0.4, -0.2) is 19.8 Å². The molecule has 0 spiro atoms. The van der Waals surface area contributed by atoms with Gasteiger partial charge in [0.15, 0.2) is 28.2 Å². The predicted octanol–water partition coefficient (Wildman–Crippen LogP) is 6.59. The molecule has 170 valence electrons. The van der Waals surface area contributed by atoms with Crippen molar-refractivity contribution in [2.24, 2.45) is 0 Å². The average Bonchev–Trinajstić information content (AvgIpc) is 2.56. The van der Waals surface area contributed by atoms with Gasteiger partial charge >= 0.3 is 112 Å². The van der Waals surface area contributed by atoms with Gasteiger partial charge in [0.25, 0.3) is 0 Å². The number of alkyl halides is 2. The van der Waals surface area contributed by atoms with E-state index in [1.807, 2.05) is 0 Å². The Kier molecular flexibility index (Phi) is 8.45. The van der Waals surface area contributed by atoms with Gasteiger partial charge < -0.3 is 0 Å². The third-order valence-corrected chi connectivity index (χ3v) is 12.8. The monoisotopic (exact) mass is 566 g/mol. The number of hydrogen-bond acceptors (Lipinski definition) is 2. The molecule has 0 aromatic heterocycles. The fourth-order valence-corrected chi connectivity index (χ4v) is 13.2. The third kappa shape index (κ3) is 6.36. The normalized spacial score (nSPS) is 12.9. The largest absolute Gasteiger partial charge is 0.300 e. The molecule has 0 heterocycles. The summed E-state index contributed by atoms with van der Waals surface area (Å²) in [4.78, 5) is -2.26. The standard InChI is InChI=1S/C14H23I.C6HF5O3S/c1-13(2,3)15(14(4,5)6)12-10-8-7-9-11-12;7-1-2(8)4(10)6(15(12,13)14)5(11)3(1)9/h7-11H,1-6H3;(H,12,13,14). The quantitative estimate of drug-likeness (QED) is 0.112. The minimum atomic E-state index is -5.52. The first-order valence-corrected chi connectivity index (χ1v) is 13.3. The molecule has 0 radical (unpaired) electrons. The molecule has 0 atom stereocenters. The second kappa shape index (κ2) is 9.47. The van der Waals surface area contributed by atoms with E-state index in [9.17, 15) is 30.4 Å². The molecule has 30 heavy (non-hydrogen) atoms. The Morgan fingerprint density at radius 2 is 1.03 bits per heavy atom. The summed E-state index contributed by atoms with van der Waals surface area (Å²) in [6.45, 7) is 14.4. The average molecular weight is 566 g/mol. The number of benzene rings is 2. The molecule has 0 unspecified atom stereocenters. The van der Waals surface area contributed by atoms with Crippen LogP contribution in [0.4, 0.5) is 22.0 Å². The summed E-state index contributed by atoms with van der Waals surface area (Å²) in [7, 11) is -5.52. The Bertz CT molecular complexity index is 955. The summed E-state index contributed by atoms with van der Waals surface area (Å²) in [6, 6.07) is 11.1. The summed E-state index contributed by atoms with van der Waals surface area (Å²) in [6.07, 6.45) is 0. The van der Waals surface area contributed by atoms with Crippen molar-refractivity contribution >= 4 is 29.9 Å². The minimum Gasteiger partial charge on any atom is -0.282 e. The molecule has 3 nitrogen and oxygen atoms in total. The van der Waals surface area contributed by atoms with E-state index < -0.39 is 63.9 Å². The van der Waals surface area contributed by atoms with E-state index in [4.69, 9.17) is 4.55 Å². The fourth-order valence-electron chi connectivity index (χ4n) is 2.86. The van der Waals surface area contributed by atoms with Gasteiger partial charge in [0.2, 0.25) is 5.82 Å². The Morgan fingerprint density at radius 1 is 0.700 bits per heavy atom. The second-order valence-corrected chi connectivity index (χ2v) is 18.8. The summed E-state index contributed by atoms with van der Waals surface area (Å²) in [5.74, 6) is -12.6. The molecule has 0 aliphatic carbocycles. The molecule has 0 saturated carbocycles. The van der Waals surface area contributed by atoms with Crippen LogP contribution < -0.4 is 0 Å². The van der Waals surface area contributed by atoms with E-state index in [-0.39, 0.29) is 0 Å². The second-order valence-electron chi connectivity index (χ2n) is 8.09. The molecule has 10 heteroatoms. The first-order chi connectivity index (χ1) is 13.4. The summed E-state index contributed by atoms with van der Waals surface area (Å²) in [5, 5.41) is 0. The van der Waals surface area contributed by atoms with Crippen molar-refractivity contribution in [2.45, 2.75) is 53.3 Å². The molecule has 0 aliphatic rings. The zero-order chi connectivity index (χ0) is 23.7. The molecule has 0 amide bonds. The van der Waals surface area contributed by atoms with Gasteiger partial charge in [-0.15, -0.1) is 0 Å².